The number of hydrogen-bond donors (Lipinski definition) is 2. The van der Waals surface area contributed by atoms with E-state index in [1.165, 1.54) is 43.9 Å². The maximum atomic E-state index is 12.0. The molecule has 7 heteroatoms. The molecule has 0 bridgehead atoms. The van der Waals surface area contributed by atoms with Gasteiger partial charge in [-0.2, -0.15) is 0 Å². The summed E-state index contributed by atoms with van der Waals surface area (Å²) in [6.45, 7) is 5.05. The highest BCUT2D eigenvalue weighted by molar-refractivity contribution is 5.91. The van der Waals surface area contributed by atoms with Crippen molar-refractivity contribution in [3.63, 3.8) is 0 Å². The second-order valence-corrected chi connectivity index (χ2v) is 9.52. The number of hydrogen-bond acceptors (Lipinski definition) is 7. The molecule has 3 rings (SSSR count). The monoisotopic (exact) mass is 506 g/mol. The van der Waals surface area contributed by atoms with Gasteiger partial charge in [-0.15, -0.1) is 6.58 Å². The molecule has 198 valence electrons. The summed E-state index contributed by atoms with van der Waals surface area (Å²) in [4.78, 5) is 24.0. The molecule has 0 aliphatic heterocycles. The van der Waals surface area contributed by atoms with Crippen LogP contribution in [0.1, 0.15) is 60.9 Å². The van der Waals surface area contributed by atoms with Gasteiger partial charge in [0, 0.05) is 17.5 Å². The molecule has 2 aromatic rings. The maximum Gasteiger partial charge on any atom is 0.338 e. The summed E-state index contributed by atoms with van der Waals surface area (Å²) in [5, 5.41) is 0. The van der Waals surface area contributed by atoms with Crippen molar-refractivity contribution in [1.82, 2.24) is 0 Å². The van der Waals surface area contributed by atoms with Gasteiger partial charge in [-0.3, -0.25) is 0 Å². The van der Waals surface area contributed by atoms with Gasteiger partial charge in [0.25, 0.3) is 0 Å². The van der Waals surface area contributed by atoms with E-state index in [1.54, 1.807) is 12.1 Å². The van der Waals surface area contributed by atoms with Crippen LogP contribution >= 0.6 is 0 Å². The van der Waals surface area contributed by atoms with E-state index in [0.29, 0.717) is 35.7 Å². The molecule has 2 aromatic carbocycles. The fourth-order valence-electron chi connectivity index (χ4n) is 4.39. The first-order valence-electron chi connectivity index (χ1n) is 12.9. The lowest BCUT2D eigenvalue weighted by molar-refractivity contribution is -0.137. The Hall–Kier alpha value is -3.74. The molecule has 7 nitrogen and oxygen atoms in total. The number of nitrogen functional groups attached to an aromatic ring is 2. The Labute approximate surface area is 219 Å². The highest BCUT2D eigenvalue weighted by atomic mass is 16.5. The van der Waals surface area contributed by atoms with E-state index in [4.69, 9.17) is 25.7 Å². The Morgan fingerprint density at radius 1 is 0.892 bits per heavy atom. The van der Waals surface area contributed by atoms with Crippen LogP contribution in [0.4, 0.5) is 11.4 Å². The first-order chi connectivity index (χ1) is 17.9. The molecule has 0 heterocycles. The van der Waals surface area contributed by atoms with Crippen LogP contribution in [0, 0.1) is 11.8 Å². The summed E-state index contributed by atoms with van der Waals surface area (Å²) >= 11 is 0. The van der Waals surface area contributed by atoms with Gasteiger partial charge in [-0.1, -0.05) is 18.2 Å². The van der Waals surface area contributed by atoms with Crippen molar-refractivity contribution in [3.8, 4) is 5.75 Å². The van der Waals surface area contributed by atoms with Crippen LogP contribution in [-0.2, 0) is 14.3 Å². The third kappa shape index (κ3) is 10.0. The Morgan fingerprint density at radius 3 is 2.16 bits per heavy atom. The molecular formula is C30H38N2O5. The zero-order valence-electron chi connectivity index (χ0n) is 21.4. The molecule has 0 aromatic heterocycles. The van der Waals surface area contributed by atoms with Crippen molar-refractivity contribution in [2.24, 2.45) is 11.8 Å². The zero-order chi connectivity index (χ0) is 26.5. The first kappa shape index (κ1) is 27.8. The standard InChI is InChI=1S/C30H38N2O5/c1-2-5-22-6-8-24(9-7-22)21-37-28-13-10-23(11-14-28)12-15-29(33)35-16-3-4-17-36-30(34)25-18-26(31)20-27(32)19-25/h2,10-15,18-20,22,24H,1,3-9,16-17,21,31-32H2. The second kappa shape index (κ2) is 14.7. The summed E-state index contributed by atoms with van der Waals surface area (Å²) in [5.41, 5.74) is 13.4. The van der Waals surface area contributed by atoms with Gasteiger partial charge in [0.05, 0.1) is 25.4 Å². The van der Waals surface area contributed by atoms with E-state index >= 15 is 0 Å². The smallest absolute Gasteiger partial charge is 0.338 e. The fourth-order valence-corrected chi connectivity index (χ4v) is 4.39. The van der Waals surface area contributed by atoms with E-state index < -0.39 is 11.9 Å². The summed E-state index contributed by atoms with van der Waals surface area (Å²) in [6, 6.07) is 12.3. The Kier molecular flexibility index (Phi) is 11.1. The predicted octanol–water partition coefficient (Wildman–Crippen LogP) is 5.81. The lowest BCUT2D eigenvalue weighted by atomic mass is 9.81. The molecule has 0 atom stereocenters. The molecular weight excluding hydrogens is 468 g/mol. The number of nitrogens with two attached hydrogens (primary N) is 2. The zero-order valence-corrected chi connectivity index (χ0v) is 21.4. The number of ether oxygens (including phenoxy) is 3. The number of esters is 2. The van der Waals surface area contributed by atoms with Gasteiger partial charge in [-0.25, -0.2) is 9.59 Å². The number of unbranched alkanes of at least 4 members (excludes halogenated alkanes) is 1. The molecule has 1 fully saturated rings. The van der Waals surface area contributed by atoms with E-state index in [-0.39, 0.29) is 13.2 Å². The van der Waals surface area contributed by atoms with Crippen LogP contribution in [-0.4, -0.2) is 31.8 Å². The Morgan fingerprint density at radius 2 is 1.51 bits per heavy atom. The SMILES string of the molecule is C=CCC1CCC(COc2ccc(C=CC(=O)OCCCCOC(=O)c3cc(N)cc(N)c3)cc2)CC1. The fraction of sp³-hybridized carbons (Fsp3) is 0.400. The van der Waals surface area contributed by atoms with Crippen molar-refractivity contribution in [2.45, 2.75) is 44.9 Å². The average Bonchev–Trinajstić information content (AvgIpc) is 2.89. The van der Waals surface area contributed by atoms with Crippen LogP contribution in [0.25, 0.3) is 6.08 Å². The minimum absolute atomic E-state index is 0.214. The largest absolute Gasteiger partial charge is 0.493 e. The summed E-state index contributed by atoms with van der Waals surface area (Å²) < 4.78 is 16.4. The molecule has 0 saturated heterocycles. The van der Waals surface area contributed by atoms with Crippen molar-refractivity contribution >= 4 is 29.4 Å². The van der Waals surface area contributed by atoms with Crippen molar-refractivity contribution in [1.29, 1.82) is 0 Å². The van der Waals surface area contributed by atoms with Crippen molar-refractivity contribution < 1.29 is 23.8 Å². The van der Waals surface area contributed by atoms with E-state index in [9.17, 15) is 9.59 Å². The van der Waals surface area contributed by atoms with Gasteiger partial charge in [0.2, 0.25) is 0 Å². The molecule has 37 heavy (non-hydrogen) atoms. The molecule has 0 radical (unpaired) electrons. The van der Waals surface area contributed by atoms with Crippen molar-refractivity contribution in [2.75, 3.05) is 31.3 Å². The quantitative estimate of drug-likeness (QED) is 0.116. The molecule has 0 unspecified atom stereocenters. The number of benzene rings is 2. The van der Waals surface area contributed by atoms with Gasteiger partial charge < -0.3 is 25.7 Å². The molecule has 1 saturated carbocycles. The Balaban J connectivity index is 1.27. The van der Waals surface area contributed by atoms with Gasteiger partial charge in [0.15, 0.2) is 0 Å². The maximum absolute atomic E-state index is 12.0. The van der Waals surface area contributed by atoms with Crippen LogP contribution in [0.15, 0.2) is 61.2 Å². The minimum Gasteiger partial charge on any atom is -0.493 e. The number of rotatable bonds is 13. The van der Waals surface area contributed by atoms with Gasteiger partial charge in [0.1, 0.15) is 5.75 Å². The minimum atomic E-state index is -0.485. The summed E-state index contributed by atoms with van der Waals surface area (Å²) in [5.74, 6) is 1.34. The van der Waals surface area contributed by atoms with E-state index in [2.05, 4.69) is 6.58 Å². The van der Waals surface area contributed by atoms with Crippen LogP contribution in [0.3, 0.4) is 0 Å². The first-order valence-corrected chi connectivity index (χ1v) is 12.9. The number of carbonyl (C=O) groups excluding carboxylic acids is 2. The topological polar surface area (TPSA) is 114 Å². The van der Waals surface area contributed by atoms with Gasteiger partial charge >= 0.3 is 11.9 Å². The van der Waals surface area contributed by atoms with E-state index in [1.807, 2.05) is 30.3 Å². The molecule has 1 aliphatic rings. The summed E-state index contributed by atoms with van der Waals surface area (Å²) in [7, 11) is 0. The lowest BCUT2D eigenvalue weighted by Crippen LogP contribution is -2.19. The third-order valence-electron chi connectivity index (χ3n) is 6.47. The average molecular weight is 507 g/mol. The molecule has 0 amide bonds. The molecule has 1 aliphatic carbocycles. The lowest BCUT2D eigenvalue weighted by Gasteiger charge is -2.27. The van der Waals surface area contributed by atoms with Crippen LogP contribution in [0.2, 0.25) is 0 Å². The van der Waals surface area contributed by atoms with Crippen LogP contribution < -0.4 is 16.2 Å². The Bertz CT molecular complexity index is 1040. The van der Waals surface area contributed by atoms with Crippen molar-refractivity contribution in [3.05, 3.63) is 72.3 Å². The van der Waals surface area contributed by atoms with Crippen LogP contribution in [0.5, 0.6) is 5.75 Å². The molecule has 0 spiro atoms. The summed E-state index contributed by atoms with van der Waals surface area (Å²) in [6.07, 6.45) is 12.4. The number of anilines is 2. The number of allylic oxidation sites excluding steroid dienone is 1. The van der Waals surface area contributed by atoms with Gasteiger partial charge in [-0.05, 0) is 98.8 Å². The normalized spacial score (nSPS) is 17.3. The second-order valence-electron chi connectivity index (χ2n) is 9.52. The highest BCUT2D eigenvalue weighted by Gasteiger charge is 2.20. The number of carbonyl (C=O) groups is 2. The molecule has 4 N–H and O–H groups in total. The van der Waals surface area contributed by atoms with E-state index in [0.717, 1.165) is 30.3 Å². The predicted molar refractivity (Wildman–Crippen MR) is 147 cm³/mol. The highest BCUT2D eigenvalue weighted by Crippen LogP contribution is 2.31. The third-order valence-corrected chi connectivity index (χ3v) is 6.47.